The first kappa shape index (κ1) is 22.9. The first-order valence-corrected chi connectivity index (χ1v) is 12.0. The first-order valence-electron chi connectivity index (χ1n) is 11.3. The maximum atomic E-state index is 12.4. The van der Waals surface area contributed by atoms with Crippen LogP contribution in [-0.2, 0) is 6.42 Å². The Morgan fingerprint density at radius 2 is 1.84 bits per heavy atom. The van der Waals surface area contributed by atoms with Gasteiger partial charge < -0.3 is 19.3 Å². The lowest BCUT2D eigenvalue weighted by atomic mass is 9.75. The zero-order valence-corrected chi connectivity index (χ0v) is 19.7. The summed E-state index contributed by atoms with van der Waals surface area (Å²) < 4.78 is 5.61. The molecule has 1 N–H and O–H groups in total. The first-order chi connectivity index (χ1) is 15.0. The van der Waals surface area contributed by atoms with Crippen LogP contribution in [-0.4, -0.2) is 60.3 Å². The van der Waals surface area contributed by atoms with E-state index in [9.17, 15) is 5.11 Å². The van der Waals surface area contributed by atoms with Crippen molar-refractivity contribution in [2.24, 2.45) is 5.92 Å². The van der Waals surface area contributed by atoms with E-state index in [4.69, 9.17) is 27.6 Å². The predicted molar refractivity (Wildman–Crippen MR) is 128 cm³/mol. The number of nitrogens with zero attached hydrogens (tertiary/aromatic N) is 2. The third-order valence-corrected chi connectivity index (χ3v) is 7.63. The summed E-state index contributed by atoms with van der Waals surface area (Å²) >= 11 is 13.1. The Bertz CT molecular complexity index is 871. The molecular weight excluding hydrogens is 431 g/mol. The van der Waals surface area contributed by atoms with Crippen molar-refractivity contribution >= 4 is 29.3 Å². The highest BCUT2D eigenvalue weighted by Gasteiger charge is 2.43. The summed E-state index contributed by atoms with van der Waals surface area (Å²) in [4.78, 5) is 4.86. The summed E-state index contributed by atoms with van der Waals surface area (Å²) in [7, 11) is 2.17. The Balaban J connectivity index is 1.70. The minimum atomic E-state index is -1.03. The second-order valence-corrected chi connectivity index (χ2v) is 9.85. The molecule has 168 valence electrons. The van der Waals surface area contributed by atoms with E-state index in [0.717, 1.165) is 75.3 Å². The normalized spacial score (nSPS) is 27.5. The summed E-state index contributed by atoms with van der Waals surface area (Å²) in [6.07, 6.45) is 8.12. The highest BCUT2D eigenvalue weighted by Crippen LogP contribution is 2.43. The Labute approximate surface area is 195 Å². The quantitative estimate of drug-likeness (QED) is 0.605. The fourth-order valence-corrected chi connectivity index (χ4v) is 5.51. The Hall–Kier alpha value is -1.30. The van der Waals surface area contributed by atoms with E-state index >= 15 is 0 Å². The third-order valence-electron chi connectivity index (χ3n) is 6.92. The zero-order chi connectivity index (χ0) is 21.8. The van der Waals surface area contributed by atoms with E-state index in [1.807, 2.05) is 36.4 Å². The van der Waals surface area contributed by atoms with Crippen LogP contribution in [0.4, 0.5) is 0 Å². The number of piperazine rings is 1. The van der Waals surface area contributed by atoms with Gasteiger partial charge in [0.25, 0.3) is 0 Å². The molecule has 2 aliphatic rings. The molecule has 2 unspecified atom stereocenters. The molecule has 0 spiro atoms. The lowest BCUT2D eigenvalue weighted by molar-refractivity contribution is -0.00646. The number of aliphatic hydroxyl groups is 1. The maximum Gasteiger partial charge on any atom is 0.126 e. The lowest BCUT2D eigenvalue weighted by Gasteiger charge is -2.42. The smallest absolute Gasteiger partial charge is 0.126 e. The van der Waals surface area contributed by atoms with Gasteiger partial charge in [0.2, 0.25) is 0 Å². The SMILES string of the molecule is CN1CCN(CC2CCCCC(=Cc3ccco3)C2(O)Cc2c(Cl)cccc2Cl)CC1. The number of hydrogen-bond acceptors (Lipinski definition) is 4. The van der Waals surface area contributed by atoms with Crippen LogP contribution in [0.3, 0.4) is 0 Å². The molecule has 0 bridgehead atoms. The number of benzene rings is 1. The molecule has 0 amide bonds. The van der Waals surface area contributed by atoms with Crippen LogP contribution in [0.25, 0.3) is 6.08 Å². The van der Waals surface area contributed by atoms with Gasteiger partial charge in [-0.1, -0.05) is 35.7 Å². The van der Waals surface area contributed by atoms with E-state index in [1.54, 1.807) is 6.26 Å². The number of hydrogen-bond donors (Lipinski definition) is 1. The van der Waals surface area contributed by atoms with Crippen molar-refractivity contribution in [1.82, 2.24) is 9.80 Å². The van der Waals surface area contributed by atoms with E-state index in [2.05, 4.69) is 16.8 Å². The van der Waals surface area contributed by atoms with Gasteiger partial charge in [-0.15, -0.1) is 0 Å². The molecule has 0 radical (unpaired) electrons. The van der Waals surface area contributed by atoms with Crippen molar-refractivity contribution in [3.05, 3.63) is 63.5 Å². The van der Waals surface area contributed by atoms with Crippen molar-refractivity contribution in [3.63, 3.8) is 0 Å². The second-order valence-electron chi connectivity index (χ2n) is 9.03. The van der Waals surface area contributed by atoms with E-state index < -0.39 is 5.60 Å². The molecule has 2 fully saturated rings. The van der Waals surface area contributed by atoms with Crippen LogP contribution in [0.5, 0.6) is 0 Å². The largest absolute Gasteiger partial charge is 0.465 e. The molecule has 2 atom stereocenters. The van der Waals surface area contributed by atoms with Crippen LogP contribution in [0.2, 0.25) is 10.0 Å². The van der Waals surface area contributed by atoms with Gasteiger partial charge >= 0.3 is 0 Å². The van der Waals surface area contributed by atoms with Gasteiger partial charge in [-0.3, -0.25) is 0 Å². The van der Waals surface area contributed by atoms with Gasteiger partial charge in [0.05, 0.1) is 11.9 Å². The van der Waals surface area contributed by atoms with Crippen molar-refractivity contribution in [1.29, 1.82) is 0 Å². The van der Waals surface area contributed by atoms with Crippen molar-refractivity contribution in [2.45, 2.75) is 37.7 Å². The van der Waals surface area contributed by atoms with E-state index in [1.165, 1.54) is 0 Å². The highest BCUT2D eigenvalue weighted by atomic mass is 35.5. The molecule has 1 aliphatic carbocycles. The Morgan fingerprint density at radius 3 is 2.52 bits per heavy atom. The Morgan fingerprint density at radius 1 is 1.10 bits per heavy atom. The molecule has 1 aromatic heterocycles. The van der Waals surface area contributed by atoms with Crippen molar-refractivity contribution in [2.75, 3.05) is 39.8 Å². The molecule has 2 heterocycles. The molecule has 4 rings (SSSR count). The third kappa shape index (κ3) is 5.37. The summed E-state index contributed by atoms with van der Waals surface area (Å²) in [5.74, 6) is 0.880. The number of halogens is 2. The molecule has 1 saturated heterocycles. The summed E-state index contributed by atoms with van der Waals surface area (Å²) in [5.41, 5.74) is 0.820. The summed E-state index contributed by atoms with van der Waals surface area (Å²) in [6, 6.07) is 9.39. The van der Waals surface area contributed by atoms with E-state index in [-0.39, 0.29) is 5.92 Å². The number of rotatable bonds is 5. The Kier molecular flexibility index (Phi) is 7.45. The maximum absolute atomic E-state index is 12.4. The van der Waals surface area contributed by atoms with Crippen LogP contribution >= 0.6 is 23.2 Å². The number of likely N-dealkylation sites (N-methyl/N-ethyl adjacent to an activating group) is 1. The number of furan rings is 1. The van der Waals surface area contributed by atoms with E-state index in [0.29, 0.717) is 16.5 Å². The fraction of sp³-hybridized carbons (Fsp3) is 0.520. The molecule has 1 aliphatic heterocycles. The minimum Gasteiger partial charge on any atom is -0.465 e. The average Bonchev–Trinajstić information content (AvgIpc) is 3.21. The van der Waals surface area contributed by atoms with Crippen molar-refractivity contribution in [3.8, 4) is 0 Å². The standard InChI is InChI=1S/C25H32Cl2N2O2/c1-28-11-13-29(14-12-28)18-20-7-3-2-6-19(16-21-8-5-15-31-21)25(20,30)17-22-23(26)9-4-10-24(22)27/h4-5,8-10,15-16,20,30H,2-3,6-7,11-14,17-18H2,1H3. The molecule has 1 saturated carbocycles. The van der Waals surface area contributed by atoms with Gasteiger partial charge in [-0.05, 0) is 67.8 Å². The minimum absolute atomic E-state index is 0.104. The molecule has 4 nitrogen and oxygen atoms in total. The lowest BCUT2D eigenvalue weighted by Crippen LogP contribution is -2.51. The topological polar surface area (TPSA) is 39.9 Å². The van der Waals surface area contributed by atoms with Crippen molar-refractivity contribution < 1.29 is 9.52 Å². The zero-order valence-electron chi connectivity index (χ0n) is 18.2. The molecular formula is C25H32Cl2N2O2. The predicted octanol–water partition coefficient (Wildman–Crippen LogP) is 5.38. The van der Waals surface area contributed by atoms with Crippen LogP contribution in [0.1, 0.15) is 37.0 Å². The van der Waals surface area contributed by atoms with Gasteiger partial charge in [0, 0.05) is 55.1 Å². The summed E-state index contributed by atoms with van der Waals surface area (Å²) in [6.45, 7) is 5.08. The molecule has 31 heavy (non-hydrogen) atoms. The fourth-order valence-electron chi connectivity index (χ4n) is 4.98. The monoisotopic (exact) mass is 462 g/mol. The van der Waals surface area contributed by atoms with Gasteiger partial charge in [-0.25, -0.2) is 0 Å². The van der Waals surface area contributed by atoms with Crippen LogP contribution in [0, 0.1) is 5.92 Å². The molecule has 6 heteroatoms. The van der Waals surface area contributed by atoms with Gasteiger partial charge in [0.15, 0.2) is 0 Å². The van der Waals surface area contributed by atoms with Crippen LogP contribution in [0.15, 0.2) is 46.6 Å². The molecule has 1 aromatic carbocycles. The van der Waals surface area contributed by atoms with Gasteiger partial charge in [-0.2, -0.15) is 0 Å². The highest BCUT2D eigenvalue weighted by molar-refractivity contribution is 6.36. The van der Waals surface area contributed by atoms with Gasteiger partial charge in [0.1, 0.15) is 5.76 Å². The van der Waals surface area contributed by atoms with Crippen LogP contribution < -0.4 is 0 Å². The second kappa shape index (κ2) is 10.1. The average molecular weight is 463 g/mol. The molecule has 2 aromatic rings. The summed E-state index contributed by atoms with van der Waals surface area (Å²) in [5, 5.41) is 13.6.